The van der Waals surface area contributed by atoms with Gasteiger partial charge in [0.15, 0.2) is 4.80 Å². The molecule has 1 unspecified atom stereocenters. The fourth-order valence-electron chi connectivity index (χ4n) is 5.42. The van der Waals surface area contributed by atoms with Crippen molar-refractivity contribution in [1.29, 1.82) is 0 Å². The van der Waals surface area contributed by atoms with Crippen molar-refractivity contribution >= 4 is 23.3 Å². The van der Waals surface area contributed by atoms with Crippen molar-refractivity contribution in [2.45, 2.75) is 40.7 Å². The zero-order valence-corrected chi connectivity index (χ0v) is 24.5. The molecule has 0 N–H and O–H groups in total. The second-order valence-corrected chi connectivity index (χ2v) is 10.7. The quantitative estimate of drug-likeness (QED) is 0.346. The first kappa shape index (κ1) is 27.3. The highest BCUT2D eigenvalue weighted by atomic mass is 32.1. The van der Waals surface area contributed by atoms with Crippen molar-refractivity contribution in [2.75, 3.05) is 20.2 Å². The van der Waals surface area contributed by atoms with Crippen molar-refractivity contribution in [3.05, 3.63) is 108 Å². The number of thiazole rings is 1. The van der Waals surface area contributed by atoms with Gasteiger partial charge in [-0.3, -0.25) is 19.1 Å². The predicted octanol–water partition coefficient (Wildman–Crippen LogP) is 3.91. The van der Waals surface area contributed by atoms with E-state index < -0.39 is 6.04 Å². The van der Waals surface area contributed by atoms with Crippen LogP contribution < -0.4 is 19.6 Å². The van der Waals surface area contributed by atoms with E-state index in [1.807, 2.05) is 83.3 Å². The molecule has 0 bridgehead atoms. The van der Waals surface area contributed by atoms with E-state index in [0.29, 0.717) is 39.4 Å². The number of pyridine rings is 1. The fraction of sp³-hybridized carbons (Fsp3) is 0.290. The van der Waals surface area contributed by atoms with Crippen LogP contribution in [0.25, 0.3) is 11.8 Å². The molecule has 1 aliphatic rings. The Morgan fingerprint density at radius 1 is 1.12 bits per heavy atom. The highest BCUT2D eigenvalue weighted by Gasteiger charge is 2.35. The number of aromatic nitrogens is 3. The standard InChI is InChI=1S/C31H33N5O3S/c1-7-34(8-2)30(38)27-20(4)33-31-36(28(27)24-13-9-10-14-25(24)39-6)29(37)26(40-31)17-22-16-19(3)35(21(22)5)23-12-11-15-32-18-23/h9-18,28H,7-8H2,1-6H3/b26-17-. The molecule has 1 atom stereocenters. The largest absolute Gasteiger partial charge is 0.496 e. The maximum atomic E-state index is 14.1. The van der Waals surface area contributed by atoms with Gasteiger partial charge >= 0.3 is 0 Å². The number of carbonyl (C=O) groups excluding carboxylic acids is 1. The monoisotopic (exact) mass is 555 g/mol. The van der Waals surface area contributed by atoms with Gasteiger partial charge in [-0.1, -0.05) is 29.5 Å². The maximum absolute atomic E-state index is 14.1. The van der Waals surface area contributed by atoms with Crippen LogP contribution >= 0.6 is 11.3 Å². The molecule has 0 aliphatic carbocycles. The van der Waals surface area contributed by atoms with Gasteiger partial charge in [-0.05, 0) is 70.5 Å². The number of hydrogen-bond acceptors (Lipinski definition) is 6. The lowest BCUT2D eigenvalue weighted by Gasteiger charge is -2.29. The first-order chi connectivity index (χ1) is 19.3. The number of fused-ring (bicyclic) bond motifs is 1. The Hall–Kier alpha value is -4.24. The average Bonchev–Trinajstić information content (AvgIpc) is 3.42. The Labute approximate surface area is 237 Å². The summed E-state index contributed by atoms with van der Waals surface area (Å²) in [6, 6.07) is 12.9. The molecule has 5 rings (SSSR count). The molecule has 0 spiro atoms. The lowest BCUT2D eigenvalue weighted by atomic mass is 9.94. The number of nitrogens with zero attached hydrogens (tertiary/aromatic N) is 5. The van der Waals surface area contributed by atoms with Gasteiger partial charge in [0.25, 0.3) is 11.5 Å². The third kappa shape index (κ3) is 4.60. The minimum atomic E-state index is -0.662. The van der Waals surface area contributed by atoms with Gasteiger partial charge in [0, 0.05) is 36.2 Å². The second kappa shape index (κ2) is 11.1. The summed E-state index contributed by atoms with van der Waals surface area (Å²) >= 11 is 1.33. The number of aryl methyl sites for hydroxylation is 1. The molecule has 8 nitrogen and oxygen atoms in total. The smallest absolute Gasteiger partial charge is 0.271 e. The van der Waals surface area contributed by atoms with E-state index in [0.717, 1.165) is 28.2 Å². The van der Waals surface area contributed by atoms with Gasteiger partial charge in [0.1, 0.15) is 11.8 Å². The van der Waals surface area contributed by atoms with Gasteiger partial charge in [-0.25, -0.2) is 4.99 Å². The normalized spacial score (nSPS) is 15.2. The van der Waals surface area contributed by atoms with Crippen molar-refractivity contribution in [2.24, 2.45) is 4.99 Å². The van der Waals surface area contributed by atoms with Gasteiger partial charge < -0.3 is 14.2 Å². The molecule has 1 aromatic carbocycles. The fourth-order valence-corrected chi connectivity index (χ4v) is 6.46. The van der Waals surface area contributed by atoms with E-state index in [-0.39, 0.29) is 11.5 Å². The van der Waals surface area contributed by atoms with E-state index in [9.17, 15) is 9.59 Å². The van der Waals surface area contributed by atoms with Crippen LogP contribution in [-0.2, 0) is 4.79 Å². The Balaban J connectivity index is 1.73. The number of para-hydroxylation sites is 1. The molecule has 40 heavy (non-hydrogen) atoms. The number of carbonyl (C=O) groups is 1. The molecule has 0 saturated heterocycles. The molecule has 4 aromatic rings. The lowest BCUT2D eigenvalue weighted by Crippen LogP contribution is -2.43. The van der Waals surface area contributed by atoms with Crippen LogP contribution in [0.4, 0.5) is 0 Å². The van der Waals surface area contributed by atoms with Crippen LogP contribution in [0.3, 0.4) is 0 Å². The number of amides is 1. The Morgan fingerprint density at radius 2 is 1.88 bits per heavy atom. The molecule has 0 fully saturated rings. The molecule has 1 amide bonds. The van der Waals surface area contributed by atoms with Crippen molar-refractivity contribution in [1.82, 2.24) is 19.0 Å². The summed E-state index contributed by atoms with van der Waals surface area (Å²) in [5.74, 6) is 0.484. The van der Waals surface area contributed by atoms with E-state index in [4.69, 9.17) is 9.73 Å². The SMILES string of the molecule is CCN(CC)C(=O)C1=C(C)N=c2s/c(=C\c3cc(C)n(-c4cccnc4)c3C)c(=O)n2C1c1ccccc1OC. The topological polar surface area (TPSA) is 81.7 Å². The minimum absolute atomic E-state index is 0.128. The van der Waals surface area contributed by atoms with Crippen LogP contribution in [0.5, 0.6) is 5.75 Å². The third-order valence-electron chi connectivity index (χ3n) is 7.40. The zero-order valence-electron chi connectivity index (χ0n) is 23.6. The number of likely N-dealkylation sites (N-methyl/N-ethyl adjacent to an activating group) is 1. The molecule has 1 aliphatic heterocycles. The predicted molar refractivity (Wildman–Crippen MR) is 158 cm³/mol. The Morgan fingerprint density at radius 3 is 2.55 bits per heavy atom. The van der Waals surface area contributed by atoms with E-state index in [1.54, 1.807) is 22.8 Å². The van der Waals surface area contributed by atoms with E-state index >= 15 is 0 Å². The van der Waals surface area contributed by atoms with Crippen LogP contribution in [0.15, 0.2) is 75.9 Å². The van der Waals surface area contributed by atoms with Crippen LogP contribution in [-0.4, -0.2) is 45.1 Å². The summed E-state index contributed by atoms with van der Waals surface area (Å²) in [7, 11) is 1.60. The molecule has 9 heteroatoms. The number of rotatable bonds is 7. The summed E-state index contributed by atoms with van der Waals surface area (Å²) in [5, 5.41) is 0. The Kier molecular flexibility index (Phi) is 7.58. The number of hydrogen-bond donors (Lipinski definition) is 0. The Bertz CT molecular complexity index is 1790. The van der Waals surface area contributed by atoms with Crippen LogP contribution in [0.1, 0.15) is 49.3 Å². The van der Waals surface area contributed by atoms with Gasteiger partial charge in [0.2, 0.25) is 0 Å². The molecule has 206 valence electrons. The van der Waals surface area contributed by atoms with E-state index in [2.05, 4.69) is 15.6 Å². The summed E-state index contributed by atoms with van der Waals surface area (Å²) in [5.41, 5.74) is 5.60. The maximum Gasteiger partial charge on any atom is 0.271 e. The zero-order chi connectivity index (χ0) is 28.6. The molecule has 0 saturated carbocycles. The number of ether oxygens (including phenoxy) is 1. The molecule has 0 radical (unpaired) electrons. The van der Waals surface area contributed by atoms with Crippen LogP contribution in [0, 0.1) is 13.8 Å². The van der Waals surface area contributed by atoms with Crippen molar-refractivity contribution in [3.8, 4) is 11.4 Å². The van der Waals surface area contributed by atoms with E-state index in [1.165, 1.54) is 11.3 Å². The van der Waals surface area contributed by atoms with Crippen molar-refractivity contribution < 1.29 is 9.53 Å². The lowest BCUT2D eigenvalue weighted by molar-refractivity contribution is -0.127. The number of methoxy groups -OCH3 is 1. The first-order valence-corrected chi connectivity index (χ1v) is 14.2. The molecular formula is C31H33N5O3S. The second-order valence-electron chi connectivity index (χ2n) is 9.67. The summed E-state index contributed by atoms with van der Waals surface area (Å²) < 4.78 is 10.0. The van der Waals surface area contributed by atoms with Gasteiger partial charge in [-0.2, -0.15) is 0 Å². The van der Waals surface area contributed by atoms with Gasteiger partial charge in [-0.15, -0.1) is 0 Å². The van der Waals surface area contributed by atoms with Gasteiger partial charge in [0.05, 0.1) is 34.8 Å². The highest BCUT2D eigenvalue weighted by molar-refractivity contribution is 7.07. The summed E-state index contributed by atoms with van der Waals surface area (Å²) in [4.78, 5) is 39.3. The van der Waals surface area contributed by atoms with Crippen LogP contribution in [0.2, 0.25) is 0 Å². The number of allylic oxidation sites excluding steroid dienone is 1. The molecule has 4 heterocycles. The summed E-state index contributed by atoms with van der Waals surface area (Å²) in [6.45, 7) is 10.9. The van der Waals surface area contributed by atoms with Crippen molar-refractivity contribution in [3.63, 3.8) is 0 Å². The highest BCUT2D eigenvalue weighted by Crippen LogP contribution is 2.36. The minimum Gasteiger partial charge on any atom is -0.496 e. The molecular weight excluding hydrogens is 522 g/mol. The first-order valence-electron chi connectivity index (χ1n) is 13.3. The third-order valence-corrected chi connectivity index (χ3v) is 8.38. The number of benzene rings is 1. The molecule has 3 aromatic heterocycles. The average molecular weight is 556 g/mol. The summed E-state index contributed by atoms with van der Waals surface area (Å²) in [6.07, 6.45) is 5.49.